The molecule has 0 unspecified atom stereocenters. The maximum Gasteiger partial charge on any atom is 0.317 e. The van der Waals surface area contributed by atoms with Crippen LogP contribution in [0.2, 0.25) is 0 Å². The number of hydrogen-bond acceptors (Lipinski definition) is 2. The van der Waals surface area contributed by atoms with Crippen molar-refractivity contribution in [3.8, 4) is 0 Å². The van der Waals surface area contributed by atoms with E-state index in [0.717, 1.165) is 18.5 Å². The fraction of sp³-hybridized carbons (Fsp3) is 0.294. The Morgan fingerprint density at radius 3 is 2.57 bits per heavy atom. The van der Waals surface area contributed by atoms with E-state index in [9.17, 15) is 4.79 Å². The highest BCUT2D eigenvalue weighted by Crippen LogP contribution is 1.99. The molecule has 0 fully saturated rings. The summed E-state index contributed by atoms with van der Waals surface area (Å²) < 4.78 is 0. The summed E-state index contributed by atoms with van der Waals surface area (Å²) in [4.78, 5) is 17.9. The van der Waals surface area contributed by atoms with E-state index in [2.05, 4.69) is 22.4 Å². The van der Waals surface area contributed by atoms with Crippen LogP contribution in [0.3, 0.4) is 0 Å². The number of likely N-dealkylation sites (N-methyl/N-ethyl adjacent to an activating group) is 1. The van der Waals surface area contributed by atoms with Crippen molar-refractivity contribution in [2.45, 2.75) is 12.8 Å². The Morgan fingerprint density at radius 1 is 1.10 bits per heavy atom. The molecule has 0 aliphatic rings. The standard InChI is InChI=1S/C17H21N3O/c1-20(14-11-16-9-5-6-12-18-16)17(21)19-13-10-15-7-3-2-4-8-15/h2-9,12H,10-11,13-14H2,1H3,(H,19,21). The smallest absolute Gasteiger partial charge is 0.317 e. The van der Waals surface area contributed by atoms with Gasteiger partial charge in [0.25, 0.3) is 0 Å². The third-order valence-corrected chi connectivity index (χ3v) is 3.31. The Labute approximate surface area is 125 Å². The third-order valence-electron chi connectivity index (χ3n) is 3.31. The SMILES string of the molecule is CN(CCc1ccccn1)C(=O)NCCc1ccccc1. The van der Waals surface area contributed by atoms with Crippen molar-refractivity contribution in [3.05, 3.63) is 66.0 Å². The summed E-state index contributed by atoms with van der Waals surface area (Å²) >= 11 is 0. The van der Waals surface area contributed by atoms with Crippen molar-refractivity contribution in [3.63, 3.8) is 0 Å². The van der Waals surface area contributed by atoms with Crippen LogP contribution in [-0.2, 0) is 12.8 Å². The summed E-state index contributed by atoms with van der Waals surface area (Å²) in [6.07, 6.45) is 3.39. The maximum absolute atomic E-state index is 11.9. The number of benzene rings is 1. The molecule has 21 heavy (non-hydrogen) atoms. The van der Waals surface area contributed by atoms with E-state index in [4.69, 9.17) is 0 Å². The predicted octanol–water partition coefficient (Wildman–Crippen LogP) is 2.51. The summed E-state index contributed by atoms with van der Waals surface area (Å²) in [5.41, 5.74) is 2.23. The molecular formula is C17H21N3O. The van der Waals surface area contributed by atoms with Gasteiger partial charge in [0.1, 0.15) is 0 Å². The highest BCUT2D eigenvalue weighted by atomic mass is 16.2. The highest BCUT2D eigenvalue weighted by molar-refractivity contribution is 5.73. The van der Waals surface area contributed by atoms with Gasteiger partial charge in [0.15, 0.2) is 0 Å². The fourth-order valence-electron chi connectivity index (χ4n) is 2.02. The molecular weight excluding hydrogens is 262 g/mol. The van der Waals surface area contributed by atoms with E-state index in [1.54, 1.807) is 18.1 Å². The molecule has 0 radical (unpaired) electrons. The summed E-state index contributed by atoms with van der Waals surface area (Å²) in [6, 6.07) is 15.9. The van der Waals surface area contributed by atoms with Crippen molar-refractivity contribution in [2.24, 2.45) is 0 Å². The second-order valence-corrected chi connectivity index (χ2v) is 4.96. The van der Waals surface area contributed by atoms with Crippen LogP contribution in [0.25, 0.3) is 0 Å². The average molecular weight is 283 g/mol. The van der Waals surface area contributed by atoms with Gasteiger partial charge in [0.05, 0.1) is 0 Å². The van der Waals surface area contributed by atoms with Gasteiger partial charge in [-0.2, -0.15) is 0 Å². The molecule has 0 bridgehead atoms. The molecule has 2 aromatic rings. The number of carbonyl (C=O) groups is 1. The molecule has 2 amide bonds. The second kappa shape index (κ2) is 8.04. The summed E-state index contributed by atoms with van der Waals surface area (Å²) in [5, 5.41) is 2.93. The molecule has 0 atom stereocenters. The summed E-state index contributed by atoms with van der Waals surface area (Å²) in [7, 11) is 1.81. The van der Waals surface area contributed by atoms with E-state index in [1.165, 1.54) is 5.56 Å². The molecule has 4 nitrogen and oxygen atoms in total. The largest absolute Gasteiger partial charge is 0.338 e. The molecule has 1 heterocycles. The average Bonchev–Trinajstić information content (AvgIpc) is 2.54. The molecule has 110 valence electrons. The van der Waals surface area contributed by atoms with Gasteiger partial charge in [0, 0.05) is 38.4 Å². The molecule has 0 saturated heterocycles. The zero-order valence-corrected chi connectivity index (χ0v) is 12.3. The van der Waals surface area contributed by atoms with Gasteiger partial charge in [-0.15, -0.1) is 0 Å². The van der Waals surface area contributed by atoms with Crippen molar-refractivity contribution >= 4 is 6.03 Å². The first-order valence-electron chi connectivity index (χ1n) is 7.18. The number of pyridine rings is 1. The lowest BCUT2D eigenvalue weighted by Gasteiger charge is -2.17. The van der Waals surface area contributed by atoms with Gasteiger partial charge in [0.2, 0.25) is 0 Å². The van der Waals surface area contributed by atoms with Gasteiger partial charge < -0.3 is 10.2 Å². The molecule has 4 heteroatoms. The molecule has 1 aromatic carbocycles. The molecule has 1 N–H and O–H groups in total. The molecule has 0 aliphatic heterocycles. The Morgan fingerprint density at radius 2 is 1.86 bits per heavy atom. The zero-order chi connectivity index (χ0) is 14.9. The molecule has 0 spiro atoms. The Bertz CT molecular complexity index is 542. The lowest BCUT2D eigenvalue weighted by atomic mass is 10.1. The highest BCUT2D eigenvalue weighted by Gasteiger charge is 2.07. The first kappa shape index (κ1) is 15.0. The van der Waals surface area contributed by atoms with Gasteiger partial charge in [-0.1, -0.05) is 36.4 Å². The number of aromatic nitrogens is 1. The number of carbonyl (C=O) groups excluding carboxylic acids is 1. The first-order valence-corrected chi connectivity index (χ1v) is 7.18. The molecule has 1 aromatic heterocycles. The van der Waals surface area contributed by atoms with Crippen LogP contribution >= 0.6 is 0 Å². The number of hydrogen-bond donors (Lipinski definition) is 1. The minimum absolute atomic E-state index is 0.0399. The Balaban J connectivity index is 1.68. The van der Waals surface area contributed by atoms with Crippen LogP contribution in [0, 0.1) is 0 Å². The number of rotatable bonds is 6. The lowest BCUT2D eigenvalue weighted by molar-refractivity contribution is 0.209. The van der Waals surface area contributed by atoms with Crippen molar-refractivity contribution in [1.82, 2.24) is 15.2 Å². The zero-order valence-electron chi connectivity index (χ0n) is 12.3. The first-order chi connectivity index (χ1) is 10.3. The van der Waals surface area contributed by atoms with Crippen molar-refractivity contribution in [1.29, 1.82) is 0 Å². The van der Waals surface area contributed by atoms with Gasteiger partial charge in [-0.05, 0) is 24.1 Å². The van der Waals surface area contributed by atoms with Crippen LogP contribution in [-0.4, -0.2) is 36.1 Å². The van der Waals surface area contributed by atoms with E-state index in [0.29, 0.717) is 13.1 Å². The van der Waals surface area contributed by atoms with Gasteiger partial charge >= 0.3 is 6.03 Å². The van der Waals surface area contributed by atoms with E-state index >= 15 is 0 Å². The van der Waals surface area contributed by atoms with Crippen LogP contribution in [0.5, 0.6) is 0 Å². The Kier molecular flexibility index (Phi) is 5.76. The molecule has 0 aliphatic carbocycles. The minimum Gasteiger partial charge on any atom is -0.338 e. The van der Waals surface area contributed by atoms with E-state index in [1.807, 2.05) is 36.4 Å². The number of urea groups is 1. The monoisotopic (exact) mass is 283 g/mol. The van der Waals surface area contributed by atoms with E-state index in [-0.39, 0.29) is 6.03 Å². The number of nitrogens with one attached hydrogen (secondary N) is 1. The summed E-state index contributed by atoms with van der Waals surface area (Å²) in [6.45, 7) is 1.31. The second-order valence-electron chi connectivity index (χ2n) is 4.96. The summed E-state index contributed by atoms with van der Waals surface area (Å²) in [5.74, 6) is 0. The van der Waals surface area contributed by atoms with Crippen LogP contribution < -0.4 is 5.32 Å². The molecule has 2 rings (SSSR count). The van der Waals surface area contributed by atoms with Crippen LogP contribution in [0.4, 0.5) is 4.79 Å². The number of amides is 2. The van der Waals surface area contributed by atoms with Crippen LogP contribution in [0.1, 0.15) is 11.3 Å². The molecule has 0 saturated carbocycles. The van der Waals surface area contributed by atoms with Gasteiger partial charge in [-0.3, -0.25) is 4.98 Å². The topological polar surface area (TPSA) is 45.2 Å². The Hall–Kier alpha value is -2.36. The quantitative estimate of drug-likeness (QED) is 0.885. The van der Waals surface area contributed by atoms with E-state index < -0.39 is 0 Å². The minimum atomic E-state index is -0.0399. The lowest BCUT2D eigenvalue weighted by Crippen LogP contribution is -2.39. The maximum atomic E-state index is 11.9. The fourth-order valence-corrected chi connectivity index (χ4v) is 2.02. The number of nitrogens with zero attached hydrogens (tertiary/aromatic N) is 2. The van der Waals surface area contributed by atoms with Crippen molar-refractivity contribution < 1.29 is 4.79 Å². The normalized spacial score (nSPS) is 10.1. The predicted molar refractivity (Wildman–Crippen MR) is 84.1 cm³/mol. The van der Waals surface area contributed by atoms with Crippen LogP contribution in [0.15, 0.2) is 54.7 Å². The van der Waals surface area contributed by atoms with Gasteiger partial charge in [-0.25, -0.2) is 4.79 Å². The van der Waals surface area contributed by atoms with Crippen molar-refractivity contribution in [2.75, 3.05) is 20.1 Å². The third kappa shape index (κ3) is 5.26.